The summed E-state index contributed by atoms with van der Waals surface area (Å²) in [4.78, 5) is 21.3. The molecule has 0 spiro atoms. The highest BCUT2D eigenvalue weighted by molar-refractivity contribution is 6.35. The number of benzene rings is 2. The minimum absolute atomic E-state index is 0.0177. The molecule has 2 rings (SSSR count). The molecule has 0 saturated carbocycles. The standard InChI is InChI=1S/C13H8Cl2N2O4/c14-8-2-3-9(15)10(6-8)16-11-5-7(13(18)19)1-4-12(11)17(20)21/h1-6,16H,(H,18,19). The van der Waals surface area contributed by atoms with Crippen LogP contribution in [0, 0.1) is 10.1 Å². The van der Waals surface area contributed by atoms with E-state index in [9.17, 15) is 14.9 Å². The number of nitro benzene ring substituents is 1. The maximum absolute atomic E-state index is 11.0. The van der Waals surface area contributed by atoms with Gasteiger partial charge in [0.05, 0.1) is 21.2 Å². The van der Waals surface area contributed by atoms with Crippen molar-refractivity contribution in [3.05, 3.63) is 62.1 Å². The first-order chi connectivity index (χ1) is 9.88. The zero-order chi connectivity index (χ0) is 15.6. The average molecular weight is 327 g/mol. The van der Waals surface area contributed by atoms with Gasteiger partial charge in [0.1, 0.15) is 5.69 Å². The fourth-order valence-electron chi connectivity index (χ4n) is 1.67. The molecule has 0 heterocycles. The largest absolute Gasteiger partial charge is 0.478 e. The molecule has 0 bridgehead atoms. The highest BCUT2D eigenvalue weighted by atomic mass is 35.5. The second-order valence-corrected chi connectivity index (χ2v) is 4.89. The molecule has 0 aliphatic carbocycles. The molecule has 0 unspecified atom stereocenters. The molecule has 108 valence electrons. The van der Waals surface area contributed by atoms with Gasteiger partial charge in [-0.15, -0.1) is 0 Å². The van der Waals surface area contributed by atoms with E-state index in [4.69, 9.17) is 28.3 Å². The molecule has 8 heteroatoms. The number of nitrogens with one attached hydrogen (secondary N) is 1. The van der Waals surface area contributed by atoms with Crippen LogP contribution in [-0.4, -0.2) is 16.0 Å². The van der Waals surface area contributed by atoms with Gasteiger partial charge in [-0.2, -0.15) is 0 Å². The lowest BCUT2D eigenvalue weighted by Crippen LogP contribution is -2.02. The summed E-state index contributed by atoms with van der Waals surface area (Å²) < 4.78 is 0. The number of halogens is 2. The Bertz CT molecular complexity index is 734. The van der Waals surface area contributed by atoms with E-state index in [2.05, 4.69) is 5.32 Å². The molecule has 2 N–H and O–H groups in total. The minimum Gasteiger partial charge on any atom is -0.478 e. The second kappa shape index (κ2) is 5.99. The van der Waals surface area contributed by atoms with Gasteiger partial charge in [-0.1, -0.05) is 23.2 Å². The number of nitrogens with zero attached hydrogens (tertiary/aromatic N) is 1. The van der Waals surface area contributed by atoms with E-state index < -0.39 is 10.9 Å². The third-order valence-electron chi connectivity index (χ3n) is 2.64. The van der Waals surface area contributed by atoms with Crippen LogP contribution in [0.5, 0.6) is 0 Å². The first kappa shape index (κ1) is 15.1. The van der Waals surface area contributed by atoms with Crippen LogP contribution in [0.2, 0.25) is 10.0 Å². The van der Waals surface area contributed by atoms with E-state index in [1.165, 1.54) is 12.1 Å². The van der Waals surface area contributed by atoms with Gasteiger partial charge in [0.2, 0.25) is 0 Å². The van der Waals surface area contributed by atoms with Crippen LogP contribution in [0.4, 0.5) is 17.1 Å². The van der Waals surface area contributed by atoms with E-state index in [1.807, 2.05) is 0 Å². The minimum atomic E-state index is -1.19. The summed E-state index contributed by atoms with van der Waals surface area (Å²) in [5, 5.41) is 23.4. The Labute approximate surface area is 129 Å². The Morgan fingerprint density at radius 3 is 2.48 bits per heavy atom. The third kappa shape index (κ3) is 3.42. The summed E-state index contributed by atoms with van der Waals surface area (Å²) >= 11 is 11.8. The van der Waals surface area contributed by atoms with E-state index in [0.29, 0.717) is 15.7 Å². The zero-order valence-corrected chi connectivity index (χ0v) is 11.9. The summed E-state index contributed by atoms with van der Waals surface area (Å²) in [7, 11) is 0. The Kier molecular flexibility index (Phi) is 4.30. The fourth-order valence-corrected chi connectivity index (χ4v) is 2.00. The Balaban J connectivity index is 2.50. The molecule has 0 atom stereocenters. The van der Waals surface area contributed by atoms with Crippen LogP contribution in [-0.2, 0) is 0 Å². The number of carboxylic acids is 1. The maximum Gasteiger partial charge on any atom is 0.335 e. The van der Waals surface area contributed by atoms with Crippen molar-refractivity contribution < 1.29 is 14.8 Å². The first-order valence-electron chi connectivity index (χ1n) is 5.62. The SMILES string of the molecule is O=C(O)c1ccc([N+](=O)[O-])c(Nc2cc(Cl)ccc2Cl)c1. The number of carbonyl (C=O) groups is 1. The predicted molar refractivity (Wildman–Crippen MR) is 79.8 cm³/mol. The van der Waals surface area contributed by atoms with Crippen LogP contribution >= 0.6 is 23.2 Å². The number of hydrogen-bond acceptors (Lipinski definition) is 4. The number of anilines is 2. The molecule has 0 saturated heterocycles. The van der Waals surface area contributed by atoms with Gasteiger partial charge in [0.25, 0.3) is 5.69 Å². The van der Waals surface area contributed by atoms with E-state index in [1.54, 1.807) is 6.07 Å². The van der Waals surface area contributed by atoms with Crippen LogP contribution in [0.25, 0.3) is 0 Å². The van der Waals surface area contributed by atoms with Crippen molar-refractivity contribution in [1.29, 1.82) is 0 Å². The monoisotopic (exact) mass is 326 g/mol. The zero-order valence-electron chi connectivity index (χ0n) is 10.3. The summed E-state index contributed by atoms with van der Waals surface area (Å²) in [6.07, 6.45) is 0. The molecular weight excluding hydrogens is 319 g/mol. The normalized spacial score (nSPS) is 10.2. The number of hydrogen-bond donors (Lipinski definition) is 2. The maximum atomic E-state index is 11.0. The average Bonchev–Trinajstić information content (AvgIpc) is 2.42. The lowest BCUT2D eigenvalue weighted by molar-refractivity contribution is -0.383. The molecule has 0 aromatic heterocycles. The van der Waals surface area contributed by atoms with Crippen molar-refractivity contribution in [3.63, 3.8) is 0 Å². The molecular formula is C13H8Cl2N2O4. The Hall–Kier alpha value is -2.31. The van der Waals surface area contributed by atoms with E-state index in [0.717, 1.165) is 18.2 Å². The molecule has 6 nitrogen and oxygen atoms in total. The van der Waals surface area contributed by atoms with Crippen LogP contribution in [0.3, 0.4) is 0 Å². The molecule has 0 fully saturated rings. The van der Waals surface area contributed by atoms with Gasteiger partial charge in [-0.05, 0) is 30.3 Å². The fraction of sp³-hybridized carbons (Fsp3) is 0. The Morgan fingerprint density at radius 1 is 1.14 bits per heavy atom. The molecule has 21 heavy (non-hydrogen) atoms. The molecule has 0 radical (unpaired) electrons. The summed E-state index contributed by atoms with van der Waals surface area (Å²) in [6, 6.07) is 8.02. The summed E-state index contributed by atoms with van der Waals surface area (Å²) in [5.41, 5.74) is 0.0103. The molecule has 0 aliphatic rings. The van der Waals surface area contributed by atoms with Gasteiger partial charge >= 0.3 is 5.97 Å². The number of aromatic carboxylic acids is 1. The quantitative estimate of drug-likeness (QED) is 0.643. The molecule has 2 aromatic rings. The summed E-state index contributed by atoms with van der Waals surface area (Å²) in [5.74, 6) is -1.19. The van der Waals surface area contributed by atoms with Crippen molar-refractivity contribution in [2.75, 3.05) is 5.32 Å². The number of carboxylic acid groups (broad SMARTS) is 1. The van der Waals surface area contributed by atoms with Crippen molar-refractivity contribution in [3.8, 4) is 0 Å². The first-order valence-corrected chi connectivity index (χ1v) is 6.38. The smallest absolute Gasteiger partial charge is 0.335 e. The van der Waals surface area contributed by atoms with Crippen molar-refractivity contribution >= 4 is 46.2 Å². The van der Waals surface area contributed by atoms with Crippen molar-refractivity contribution in [2.24, 2.45) is 0 Å². The van der Waals surface area contributed by atoms with Gasteiger partial charge in [0, 0.05) is 11.1 Å². The lowest BCUT2D eigenvalue weighted by Gasteiger charge is -2.10. The van der Waals surface area contributed by atoms with Crippen molar-refractivity contribution in [2.45, 2.75) is 0 Å². The van der Waals surface area contributed by atoms with Gasteiger partial charge in [-0.25, -0.2) is 4.79 Å². The van der Waals surface area contributed by atoms with E-state index in [-0.39, 0.29) is 16.9 Å². The Morgan fingerprint density at radius 2 is 1.86 bits per heavy atom. The van der Waals surface area contributed by atoms with Crippen LogP contribution in [0.15, 0.2) is 36.4 Å². The van der Waals surface area contributed by atoms with Gasteiger partial charge in [0.15, 0.2) is 0 Å². The van der Waals surface area contributed by atoms with Gasteiger partial charge < -0.3 is 10.4 Å². The van der Waals surface area contributed by atoms with E-state index >= 15 is 0 Å². The topological polar surface area (TPSA) is 92.5 Å². The molecule has 0 amide bonds. The summed E-state index contributed by atoms with van der Waals surface area (Å²) in [6.45, 7) is 0. The highest BCUT2D eigenvalue weighted by Gasteiger charge is 2.17. The lowest BCUT2D eigenvalue weighted by atomic mass is 10.1. The van der Waals surface area contributed by atoms with Crippen LogP contribution < -0.4 is 5.32 Å². The highest BCUT2D eigenvalue weighted by Crippen LogP contribution is 2.33. The predicted octanol–water partition coefficient (Wildman–Crippen LogP) is 4.34. The second-order valence-electron chi connectivity index (χ2n) is 4.04. The number of nitro groups is 1. The third-order valence-corrected chi connectivity index (χ3v) is 3.20. The number of rotatable bonds is 4. The van der Waals surface area contributed by atoms with Crippen molar-refractivity contribution in [1.82, 2.24) is 0 Å². The molecule has 0 aliphatic heterocycles. The van der Waals surface area contributed by atoms with Crippen LogP contribution in [0.1, 0.15) is 10.4 Å². The van der Waals surface area contributed by atoms with Gasteiger partial charge in [-0.3, -0.25) is 10.1 Å². The molecule has 2 aromatic carbocycles.